The van der Waals surface area contributed by atoms with Crippen LogP contribution < -0.4 is 4.90 Å². The van der Waals surface area contributed by atoms with Gasteiger partial charge in [0.05, 0.1) is 11.0 Å². The molecule has 4 heteroatoms. The normalized spacial score (nSPS) is 11.9. The molecule has 0 aliphatic rings. The van der Waals surface area contributed by atoms with E-state index in [0.29, 0.717) is 0 Å². The summed E-state index contributed by atoms with van der Waals surface area (Å²) in [5.41, 5.74) is 13.7. The lowest BCUT2D eigenvalue weighted by molar-refractivity contribution is 0.669. The van der Waals surface area contributed by atoms with Crippen molar-refractivity contribution in [1.82, 2.24) is 4.40 Å². The second-order valence-electron chi connectivity index (χ2n) is 14.5. The first-order chi connectivity index (χ1) is 27.8. The summed E-state index contributed by atoms with van der Waals surface area (Å²) in [5, 5.41) is 8.07. The fraction of sp³-hybridized carbons (Fsp3) is 0. The van der Waals surface area contributed by atoms with Gasteiger partial charge in [0.15, 0.2) is 0 Å². The van der Waals surface area contributed by atoms with Crippen LogP contribution in [0, 0.1) is 0 Å². The van der Waals surface area contributed by atoms with Crippen molar-refractivity contribution in [3.63, 3.8) is 0 Å². The summed E-state index contributed by atoms with van der Waals surface area (Å²) < 4.78 is 15.2. The summed E-state index contributed by atoms with van der Waals surface area (Å²) in [7, 11) is 0. The molecule has 12 rings (SSSR count). The van der Waals surface area contributed by atoms with Gasteiger partial charge in [-0.1, -0.05) is 121 Å². The van der Waals surface area contributed by atoms with Crippen LogP contribution in [0.3, 0.4) is 0 Å². The Labute approximate surface area is 321 Å². The van der Waals surface area contributed by atoms with Gasteiger partial charge in [0, 0.05) is 73.4 Å². The van der Waals surface area contributed by atoms with Gasteiger partial charge in [-0.2, -0.15) is 0 Å². The average Bonchev–Trinajstić information content (AvgIpc) is 3.92. The van der Waals surface area contributed by atoms with E-state index in [9.17, 15) is 0 Å². The van der Waals surface area contributed by atoms with E-state index in [1.54, 1.807) is 0 Å². The molecular weight excluding hydrogens is 685 g/mol. The van der Waals surface area contributed by atoms with E-state index in [-0.39, 0.29) is 0 Å². The average molecular weight is 717 g/mol. The van der Waals surface area contributed by atoms with E-state index in [0.717, 1.165) is 66.5 Å². The molecule has 56 heavy (non-hydrogen) atoms. The number of fused-ring (bicyclic) bond motifs is 10. The molecule has 0 bridgehead atoms. The van der Waals surface area contributed by atoms with Gasteiger partial charge in [0.1, 0.15) is 22.3 Å². The van der Waals surface area contributed by atoms with Gasteiger partial charge in [-0.15, -0.1) is 0 Å². The van der Waals surface area contributed by atoms with Crippen LogP contribution in [-0.4, -0.2) is 4.40 Å². The first kappa shape index (κ1) is 30.9. The minimum absolute atomic E-state index is 0.849. The van der Waals surface area contributed by atoms with Gasteiger partial charge in [0.2, 0.25) is 0 Å². The van der Waals surface area contributed by atoms with Crippen LogP contribution in [0.2, 0.25) is 0 Å². The number of rotatable bonds is 5. The lowest BCUT2D eigenvalue weighted by Gasteiger charge is -2.26. The van der Waals surface area contributed by atoms with Crippen molar-refractivity contribution < 1.29 is 8.83 Å². The Morgan fingerprint density at radius 2 is 0.839 bits per heavy atom. The van der Waals surface area contributed by atoms with Crippen molar-refractivity contribution >= 4 is 88.1 Å². The SMILES string of the molecule is c1ccc(-c2c3ccccc3n3cc4ccccc4c(-c4ccc(N(c5ccc6c(c5)oc5ccccc56)c5ccc6c(c5)oc5ccccc56)cc4)c23)cc1. The molecule has 4 aromatic heterocycles. The second-order valence-corrected chi connectivity index (χ2v) is 14.5. The topological polar surface area (TPSA) is 33.9 Å². The molecule has 0 aliphatic heterocycles. The highest BCUT2D eigenvalue weighted by Gasteiger charge is 2.22. The summed E-state index contributed by atoms with van der Waals surface area (Å²) in [4.78, 5) is 2.29. The highest BCUT2D eigenvalue weighted by Crippen LogP contribution is 2.45. The van der Waals surface area contributed by atoms with Crippen molar-refractivity contribution in [2.75, 3.05) is 4.90 Å². The summed E-state index contributed by atoms with van der Waals surface area (Å²) in [6.45, 7) is 0. The Morgan fingerprint density at radius 3 is 1.50 bits per heavy atom. The predicted molar refractivity (Wildman–Crippen MR) is 233 cm³/mol. The summed E-state index contributed by atoms with van der Waals surface area (Å²) in [6.07, 6.45) is 2.29. The quantitative estimate of drug-likeness (QED) is 0.178. The van der Waals surface area contributed by atoms with E-state index >= 15 is 0 Å². The molecular formula is C52H32N2O2. The van der Waals surface area contributed by atoms with E-state index in [4.69, 9.17) is 8.83 Å². The number of nitrogens with zero attached hydrogens (tertiary/aromatic N) is 2. The van der Waals surface area contributed by atoms with Crippen LogP contribution in [0.1, 0.15) is 0 Å². The molecule has 0 radical (unpaired) electrons. The van der Waals surface area contributed by atoms with Gasteiger partial charge in [-0.3, -0.25) is 0 Å². The Morgan fingerprint density at radius 1 is 0.357 bits per heavy atom. The Bertz CT molecular complexity index is 3370. The van der Waals surface area contributed by atoms with Crippen molar-refractivity contribution in [3.05, 3.63) is 194 Å². The highest BCUT2D eigenvalue weighted by molar-refractivity contribution is 6.16. The van der Waals surface area contributed by atoms with Gasteiger partial charge < -0.3 is 18.1 Å². The van der Waals surface area contributed by atoms with Crippen LogP contribution in [0.25, 0.3) is 93.3 Å². The zero-order chi connectivity index (χ0) is 36.7. The Hall–Kier alpha value is -7.56. The molecule has 0 saturated carbocycles. The van der Waals surface area contributed by atoms with E-state index in [1.807, 2.05) is 24.3 Å². The molecule has 12 aromatic rings. The van der Waals surface area contributed by atoms with E-state index in [1.165, 1.54) is 43.9 Å². The maximum absolute atomic E-state index is 6.41. The number of aromatic nitrogens is 1. The van der Waals surface area contributed by atoms with Crippen molar-refractivity contribution in [2.24, 2.45) is 0 Å². The van der Waals surface area contributed by atoms with Crippen LogP contribution in [0.15, 0.2) is 203 Å². The fourth-order valence-corrected chi connectivity index (χ4v) is 8.87. The van der Waals surface area contributed by atoms with Crippen molar-refractivity contribution in [3.8, 4) is 22.3 Å². The molecule has 4 nitrogen and oxygen atoms in total. The molecule has 4 heterocycles. The maximum Gasteiger partial charge on any atom is 0.137 e. The minimum Gasteiger partial charge on any atom is -0.456 e. The third kappa shape index (κ3) is 4.60. The van der Waals surface area contributed by atoms with Crippen LogP contribution >= 0.6 is 0 Å². The summed E-state index contributed by atoms with van der Waals surface area (Å²) >= 11 is 0. The monoisotopic (exact) mass is 716 g/mol. The van der Waals surface area contributed by atoms with Crippen molar-refractivity contribution in [2.45, 2.75) is 0 Å². The molecule has 0 spiro atoms. The Kier molecular flexibility index (Phi) is 6.60. The highest BCUT2D eigenvalue weighted by atomic mass is 16.3. The largest absolute Gasteiger partial charge is 0.456 e. The van der Waals surface area contributed by atoms with Crippen LogP contribution in [0.5, 0.6) is 0 Å². The molecule has 0 atom stereocenters. The number of hydrogen-bond acceptors (Lipinski definition) is 3. The molecule has 0 saturated heterocycles. The zero-order valence-electron chi connectivity index (χ0n) is 30.2. The molecule has 0 unspecified atom stereocenters. The lowest BCUT2D eigenvalue weighted by atomic mass is 9.94. The second kappa shape index (κ2) is 12.0. The first-order valence-corrected chi connectivity index (χ1v) is 19.0. The van der Waals surface area contributed by atoms with E-state index in [2.05, 4.69) is 179 Å². The standard InChI is InChI=1S/C52H32N2O2/c1-2-12-33(13-3-1)51-44-18-6-9-19-45(44)53-32-35-14-4-5-15-39(35)50(52(51)53)34-22-24-36(25-23-34)54(37-26-28-42-40-16-7-10-20-46(40)55-48(42)30-37)38-27-29-43-41-17-8-11-21-47(41)56-49(43)31-38/h1-32H. The number of para-hydroxylation sites is 3. The predicted octanol–water partition coefficient (Wildman–Crippen LogP) is 14.8. The fourth-order valence-electron chi connectivity index (χ4n) is 8.87. The summed E-state index contributed by atoms with van der Waals surface area (Å²) in [5.74, 6) is 0. The first-order valence-electron chi connectivity index (χ1n) is 19.0. The number of anilines is 3. The van der Waals surface area contributed by atoms with Gasteiger partial charge >= 0.3 is 0 Å². The Balaban J connectivity index is 1.08. The smallest absolute Gasteiger partial charge is 0.137 e. The minimum atomic E-state index is 0.849. The van der Waals surface area contributed by atoms with Gasteiger partial charge in [-0.05, 0) is 76.5 Å². The van der Waals surface area contributed by atoms with Gasteiger partial charge in [-0.25, -0.2) is 0 Å². The molecule has 0 fully saturated rings. The number of hydrogen-bond donors (Lipinski definition) is 0. The third-order valence-electron chi connectivity index (χ3n) is 11.4. The zero-order valence-corrected chi connectivity index (χ0v) is 30.2. The molecule has 0 amide bonds. The van der Waals surface area contributed by atoms with Crippen LogP contribution in [-0.2, 0) is 0 Å². The van der Waals surface area contributed by atoms with Gasteiger partial charge in [0.25, 0.3) is 0 Å². The van der Waals surface area contributed by atoms with Crippen LogP contribution in [0.4, 0.5) is 17.1 Å². The number of pyridine rings is 1. The molecule has 0 N–H and O–H groups in total. The van der Waals surface area contributed by atoms with E-state index < -0.39 is 0 Å². The third-order valence-corrected chi connectivity index (χ3v) is 11.4. The molecule has 262 valence electrons. The van der Waals surface area contributed by atoms with Crippen molar-refractivity contribution in [1.29, 1.82) is 0 Å². The maximum atomic E-state index is 6.41. The molecule has 0 aliphatic carbocycles. The summed E-state index contributed by atoms with van der Waals surface area (Å²) in [6, 6.07) is 66.8. The number of benzene rings is 8. The number of furan rings is 2. The lowest BCUT2D eigenvalue weighted by Crippen LogP contribution is -2.09. The molecule has 8 aromatic carbocycles.